The Kier molecular flexibility index (Phi) is 14.7. The Balaban J connectivity index is 0.00000206. The fourth-order valence-corrected chi connectivity index (χ4v) is 6.58. The van der Waals surface area contributed by atoms with Crippen LogP contribution in [0.1, 0.15) is 112 Å². The number of Topliss-reactive ketones (excluding diaryl/α,β-unsaturated/α-hetero) is 1. The van der Waals surface area contributed by atoms with Crippen molar-refractivity contribution in [1.29, 1.82) is 0 Å². The first-order chi connectivity index (χ1) is 20.4. The summed E-state index contributed by atoms with van der Waals surface area (Å²) >= 11 is 0. The van der Waals surface area contributed by atoms with E-state index in [1.165, 1.54) is 25.3 Å². The molecule has 3 aliphatic rings. The van der Waals surface area contributed by atoms with Crippen molar-refractivity contribution in [2.75, 3.05) is 13.1 Å². The fourth-order valence-electron chi connectivity index (χ4n) is 6.58. The average molecular weight is 605 g/mol. The molecular weight excluding hydrogens is 548 g/mol. The summed E-state index contributed by atoms with van der Waals surface area (Å²) in [7, 11) is 0. The number of nitrogens with zero attached hydrogens (tertiary/aromatic N) is 1. The third-order valence-corrected chi connectivity index (χ3v) is 8.37. The third kappa shape index (κ3) is 10.9. The van der Waals surface area contributed by atoms with Crippen LogP contribution in [0.5, 0.6) is 0 Å². The van der Waals surface area contributed by atoms with Gasteiger partial charge < -0.3 is 25.6 Å². The second-order valence-electron chi connectivity index (χ2n) is 13.3. The first-order valence-electron chi connectivity index (χ1n) is 16.4. The van der Waals surface area contributed by atoms with Gasteiger partial charge in [0.05, 0.1) is 6.04 Å². The molecule has 3 unspecified atom stereocenters. The van der Waals surface area contributed by atoms with Gasteiger partial charge in [-0.2, -0.15) is 0 Å². The van der Waals surface area contributed by atoms with Crippen molar-refractivity contribution >= 4 is 29.6 Å². The van der Waals surface area contributed by atoms with E-state index in [0.717, 1.165) is 25.7 Å². The zero-order chi connectivity index (χ0) is 32.2. The van der Waals surface area contributed by atoms with Crippen LogP contribution in [0, 0.1) is 17.8 Å². The Morgan fingerprint density at radius 3 is 2.09 bits per heavy atom. The van der Waals surface area contributed by atoms with Crippen molar-refractivity contribution in [2.45, 2.75) is 136 Å². The van der Waals surface area contributed by atoms with Crippen LogP contribution in [0.25, 0.3) is 0 Å². The topological polar surface area (TPSA) is 134 Å². The number of carbonyl (C=O) groups excluding carboxylic acids is 5. The number of hydrogen-bond donors (Lipinski definition) is 3. The van der Waals surface area contributed by atoms with Crippen molar-refractivity contribution in [3.63, 3.8) is 0 Å². The van der Waals surface area contributed by atoms with Gasteiger partial charge in [-0.1, -0.05) is 65.4 Å². The van der Waals surface area contributed by atoms with Crippen molar-refractivity contribution in [1.82, 2.24) is 20.9 Å². The van der Waals surface area contributed by atoms with Crippen molar-refractivity contribution < 1.29 is 28.7 Å². The van der Waals surface area contributed by atoms with Crippen LogP contribution in [0.4, 0.5) is 4.79 Å². The minimum Gasteiger partial charge on any atom is -0.444 e. The lowest BCUT2D eigenvalue weighted by Gasteiger charge is -2.32. The van der Waals surface area contributed by atoms with E-state index in [1.807, 2.05) is 6.92 Å². The molecule has 0 aromatic rings. The molecule has 244 valence electrons. The summed E-state index contributed by atoms with van der Waals surface area (Å²) in [6.07, 6.45) is 10.5. The van der Waals surface area contributed by atoms with Crippen LogP contribution >= 0.6 is 0 Å². The number of amides is 4. The molecule has 0 aromatic carbocycles. The van der Waals surface area contributed by atoms with Gasteiger partial charge in [0.25, 0.3) is 5.91 Å². The molecule has 1 heterocycles. The van der Waals surface area contributed by atoms with E-state index in [1.54, 1.807) is 25.7 Å². The molecule has 0 aromatic heterocycles. The minimum absolute atomic E-state index is 0.0274. The van der Waals surface area contributed by atoms with Crippen molar-refractivity contribution in [3.05, 3.63) is 12.7 Å². The summed E-state index contributed by atoms with van der Waals surface area (Å²) in [5, 5.41) is 8.09. The predicted molar refractivity (Wildman–Crippen MR) is 167 cm³/mol. The molecule has 3 fully saturated rings. The van der Waals surface area contributed by atoms with Gasteiger partial charge in [-0.05, 0) is 70.6 Å². The van der Waals surface area contributed by atoms with Crippen LogP contribution < -0.4 is 16.0 Å². The normalized spacial score (nSPS) is 24.4. The molecule has 0 spiro atoms. The molecule has 10 nitrogen and oxygen atoms in total. The molecule has 5 atom stereocenters. The highest BCUT2D eigenvalue weighted by Crippen LogP contribution is 2.46. The molecule has 4 amide bonds. The van der Waals surface area contributed by atoms with Crippen LogP contribution in [0.15, 0.2) is 12.7 Å². The molecule has 43 heavy (non-hydrogen) atoms. The monoisotopic (exact) mass is 604 g/mol. The number of ether oxygens (including phenoxy) is 1. The number of hydrogen-bond acceptors (Lipinski definition) is 6. The fraction of sp³-hybridized carbons (Fsp3) is 0.788. The van der Waals surface area contributed by atoms with Crippen molar-refractivity contribution in [2.24, 2.45) is 17.8 Å². The van der Waals surface area contributed by atoms with E-state index >= 15 is 0 Å². The maximum Gasteiger partial charge on any atom is 0.408 e. The summed E-state index contributed by atoms with van der Waals surface area (Å²) in [6.45, 7) is 15.5. The first-order valence-corrected chi connectivity index (χ1v) is 16.4. The quantitative estimate of drug-likeness (QED) is 0.232. The highest BCUT2D eigenvalue weighted by Gasteiger charge is 2.46. The number of carbonyl (C=O) groups is 5. The number of likely N-dealkylation sites (tertiary alicyclic amines) is 1. The SMILES string of the molecule is C=CCNC(=O)C(=O)C(CCC)NC(=O)[C@@H]1CCCN1C(=O)[C@@H](NC(=O)OC(C)(C)C)C1CC2CCCCC2C1.CCC. The van der Waals surface area contributed by atoms with Gasteiger partial charge in [-0.15, -0.1) is 6.58 Å². The number of fused-ring (bicyclic) bond motifs is 1. The molecule has 0 bridgehead atoms. The van der Waals surface area contributed by atoms with E-state index < -0.39 is 47.4 Å². The zero-order valence-electron chi connectivity index (χ0n) is 27.3. The Bertz CT molecular complexity index is 963. The molecule has 2 saturated carbocycles. The van der Waals surface area contributed by atoms with Crippen LogP contribution in [0.3, 0.4) is 0 Å². The molecule has 3 rings (SSSR count). The highest BCUT2D eigenvalue weighted by atomic mass is 16.6. The molecule has 3 N–H and O–H groups in total. The standard InChI is InChI=1S/C30H48N4O6.C3H8/c1-6-11-22(25(35)27(37)31-15-7-2)32-26(36)23-14-10-16-34(23)28(38)24(33-29(39)40-30(3,4)5)21-17-19-12-8-9-13-20(19)18-21;1-3-2/h7,19-24H,2,6,8-18H2,1,3-5H3,(H,31,37)(H,32,36)(H,33,39);3H2,1-2H3/t19?,20?,21?,22?,23-,24-;/m0./s1. The Morgan fingerprint density at radius 2 is 1.56 bits per heavy atom. The molecule has 2 aliphatic carbocycles. The van der Waals surface area contributed by atoms with E-state index in [-0.39, 0.29) is 18.4 Å². The van der Waals surface area contributed by atoms with Gasteiger partial charge in [0.1, 0.15) is 17.7 Å². The van der Waals surface area contributed by atoms with E-state index in [4.69, 9.17) is 4.74 Å². The van der Waals surface area contributed by atoms with Crippen LogP contribution in [-0.2, 0) is 23.9 Å². The van der Waals surface area contributed by atoms with Gasteiger partial charge in [0.2, 0.25) is 17.6 Å². The lowest BCUT2D eigenvalue weighted by atomic mass is 9.82. The van der Waals surface area contributed by atoms with Gasteiger partial charge in [0, 0.05) is 13.1 Å². The minimum atomic E-state index is -0.978. The number of alkyl carbamates (subject to hydrolysis) is 1. The Labute approximate surface area is 258 Å². The summed E-state index contributed by atoms with van der Waals surface area (Å²) in [4.78, 5) is 66.9. The molecule has 10 heteroatoms. The van der Waals surface area contributed by atoms with E-state index in [0.29, 0.717) is 44.1 Å². The second-order valence-corrected chi connectivity index (χ2v) is 13.3. The number of nitrogens with one attached hydrogen (secondary N) is 3. The van der Waals surface area contributed by atoms with E-state index in [9.17, 15) is 24.0 Å². The molecule has 1 aliphatic heterocycles. The Hall–Kier alpha value is -2.91. The molecular formula is C33H56N4O6. The van der Waals surface area contributed by atoms with E-state index in [2.05, 4.69) is 36.4 Å². The van der Waals surface area contributed by atoms with Gasteiger partial charge in [0.15, 0.2) is 0 Å². The highest BCUT2D eigenvalue weighted by molar-refractivity contribution is 6.38. The van der Waals surface area contributed by atoms with Crippen LogP contribution in [0.2, 0.25) is 0 Å². The Morgan fingerprint density at radius 1 is 0.953 bits per heavy atom. The number of ketones is 1. The molecule has 0 radical (unpaired) electrons. The predicted octanol–water partition coefficient (Wildman–Crippen LogP) is 4.66. The maximum absolute atomic E-state index is 14.1. The summed E-state index contributed by atoms with van der Waals surface area (Å²) < 4.78 is 5.51. The second kappa shape index (κ2) is 17.4. The van der Waals surface area contributed by atoms with Crippen molar-refractivity contribution in [3.8, 4) is 0 Å². The smallest absolute Gasteiger partial charge is 0.408 e. The average Bonchev–Trinajstić information content (AvgIpc) is 3.61. The van der Waals surface area contributed by atoms with Gasteiger partial charge in [-0.25, -0.2) is 4.79 Å². The lowest BCUT2D eigenvalue weighted by molar-refractivity contribution is -0.143. The third-order valence-electron chi connectivity index (χ3n) is 8.37. The summed E-state index contributed by atoms with van der Waals surface area (Å²) in [6, 6.07) is -2.54. The lowest BCUT2D eigenvalue weighted by Crippen LogP contribution is -2.57. The largest absolute Gasteiger partial charge is 0.444 e. The summed E-state index contributed by atoms with van der Waals surface area (Å²) in [5.74, 6) is -1.14. The molecule has 1 saturated heterocycles. The first kappa shape index (κ1) is 36.3. The maximum atomic E-state index is 14.1. The van der Waals surface area contributed by atoms with Gasteiger partial charge in [-0.3, -0.25) is 19.2 Å². The zero-order valence-corrected chi connectivity index (χ0v) is 27.3. The van der Waals surface area contributed by atoms with Crippen LogP contribution in [-0.4, -0.2) is 71.3 Å². The summed E-state index contributed by atoms with van der Waals surface area (Å²) in [5.41, 5.74) is -0.712. The van der Waals surface area contributed by atoms with Gasteiger partial charge >= 0.3 is 6.09 Å². The number of rotatable bonds is 11.